The van der Waals surface area contributed by atoms with Gasteiger partial charge in [0.15, 0.2) is 0 Å². The molecule has 1 aromatic heterocycles. The maximum absolute atomic E-state index is 5.66. The topological polar surface area (TPSA) is 25.2 Å². The SMILES string of the molecule is CCc1ccc(C(C)NCCSC)o1. The first-order chi connectivity index (χ1) is 6.77. The number of thioether (sulfide) groups is 1. The second-order valence-corrected chi connectivity index (χ2v) is 4.31. The van der Waals surface area contributed by atoms with Crippen molar-refractivity contribution in [3.8, 4) is 0 Å². The molecular formula is C11H19NOS. The van der Waals surface area contributed by atoms with Gasteiger partial charge < -0.3 is 9.73 Å². The van der Waals surface area contributed by atoms with Gasteiger partial charge >= 0.3 is 0 Å². The lowest BCUT2D eigenvalue weighted by Crippen LogP contribution is -2.20. The molecule has 0 saturated heterocycles. The Balaban J connectivity index is 2.39. The van der Waals surface area contributed by atoms with E-state index in [9.17, 15) is 0 Å². The molecule has 0 spiro atoms. The molecule has 1 N–H and O–H groups in total. The smallest absolute Gasteiger partial charge is 0.120 e. The summed E-state index contributed by atoms with van der Waals surface area (Å²) < 4.78 is 5.66. The Kier molecular flexibility index (Phi) is 5.12. The summed E-state index contributed by atoms with van der Waals surface area (Å²) in [5.74, 6) is 3.26. The Morgan fingerprint density at radius 2 is 2.29 bits per heavy atom. The van der Waals surface area contributed by atoms with E-state index in [-0.39, 0.29) is 0 Å². The molecular weight excluding hydrogens is 194 g/mol. The summed E-state index contributed by atoms with van der Waals surface area (Å²) in [6.45, 7) is 5.28. The van der Waals surface area contributed by atoms with Crippen LogP contribution in [0.4, 0.5) is 0 Å². The Morgan fingerprint density at radius 1 is 1.50 bits per heavy atom. The second kappa shape index (κ2) is 6.14. The lowest BCUT2D eigenvalue weighted by Gasteiger charge is -2.10. The molecule has 0 aliphatic rings. The fourth-order valence-corrected chi connectivity index (χ4v) is 1.62. The molecule has 0 aliphatic carbocycles. The average molecular weight is 213 g/mol. The second-order valence-electron chi connectivity index (χ2n) is 3.33. The van der Waals surface area contributed by atoms with Gasteiger partial charge in [-0.2, -0.15) is 11.8 Å². The van der Waals surface area contributed by atoms with Crippen molar-refractivity contribution in [2.75, 3.05) is 18.6 Å². The molecule has 0 bridgehead atoms. The van der Waals surface area contributed by atoms with E-state index < -0.39 is 0 Å². The van der Waals surface area contributed by atoms with E-state index in [2.05, 4.69) is 37.6 Å². The molecule has 1 atom stereocenters. The normalized spacial score (nSPS) is 13.1. The van der Waals surface area contributed by atoms with Crippen LogP contribution in [0.15, 0.2) is 16.5 Å². The maximum Gasteiger partial charge on any atom is 0.120 e. The Labute approximate surface area is 90.5 Å². The van der Waals surface area contributed by atoms with Gasteiger partial charge in [0.2, 0.25) is 0 Å². The first-order valence-corrected chi connectivity index (χ1v) is 6.48. The largest absolute Gasteiger partial charge is 0.464 e. The molecule has 1 aromatic rings. The highest BCUT2D eigenvalue weighted by Gasteiger charge is 2.08. The third-order valence-electron chi connectivity index (χ3n) is 2.21. The van der Waals surface area contributed by atoms with Crippen molar-refractivity contribution in [2.24, 2.45) is 0 Å². The third kappa shape index (κ3) is 3.39. The molecule has 1 unspecified atom stereocenters. The lowest BCUT2D eigenvalue weighted by molar-refractivity contribution is 0.414. The van der Waals surface area contributed by atoms with Crippen LogP contribution in [0.3, 0.4) is 0 Å². The van der Waals surface area contributed by atoms with E-state index in [0.717, 1.165) is 30.2 Å². The first-order valence-electron chi connectivity index (χ1n) is 5.08. The van der Waals surface area contributed by atoms with Crippen LogP contribution >= 0.6 is 11.8 Å². The van der Waals surface area contributed by atoms with Crippen molar-refractivity contribution in [2.45, 2.75) is 26.3 Å². The van der Waals surface area contributed by atoms with Gasteiger partial charge in [0, 0.05) is 18.7 Å². The van der Waals surface area contributed by atoms with E-state index in [1.54, 1.807) is 0 Å². The van der Waals surface area contributed by atoms with Crippen LogP contribution in [-0.4, -0.2) is 18.6 Å². The number of hydrogen-bond donors (Lipinski definition) is 1. The summed E-state index contributed by atoms with van der Waals surface area (Å²) >= 11 is 1.86. The number of aryl methyl sites for hydroxylation is 1. The van der Waals surface area contributed by atoms with Crippen LogP contribution < -0.4 is 5.32 Å². The molecule has 0 saturated carbocycles. The average Bonchev–Trinajstić information content (AvgIpc) is 2.66. The Hall–Kier alpha value is -0.410. The van der Waals surface area contributed by atoms with Gasteiger partial charge in [0.05, 0.1) is 6.04 Å². The zero-order valence-electron chi connectivity index (χ0n) is 9.17. The quantitative estimate of drug-likeness (QED) is 0.736. The van der Waals surface area contributed by atoms with Crippen LogP contribution in [0.5, 0.6) is 0 Å². The minimum atomic E-state index is 0.322. The minimum absolute atomic E-state index is 0.322. The molecule has 0 radical (unpaired) electrons. The van der Waals surface area contributed by atoms with E-state index in [1.165, 1.54) is 0 Å². The van der Waals surface area contributed by atoms with Gasteiger partial charge in [-0.1, -0.05) is 6.92 Å². The van der Waals surface area contributed by atoms with E-state index in [4.69, 9.17) is 4.42 Å². The van der Waals surface area contributed by atoms with Gasteiger partial charge in [0.1, 0.15) is 11.5 Å². The zero-order valence-corrected chi connectivity index (χ0v) is 9.99. The van der Waals surface area contributed by atoms with Crippen molar-refractivity contribution < 1.29 is 4.42 Å². The highest BCUT2D eigenvalue weighted by molar-refractivity contribution is 7.98. The summed E-state index contributed by atoms with van der Waals surface area (Å²) in [6, 6.07) is 4.44. The number of rotatable bonds is 6. The summed E-state index contributed by atoms with van der Waals surface area (Å²) in [5.41, 5.74) is 0. The van der Waals surface area contributed by atoms with Crippen molar-refractivity contribution in [1.29, 1.82) is 0 Å². The third-order valence-corrected chi connectivity index (χ3v) is 2.83. The molecule has 14 heavy (non-hydrogen) atoms. The van der Waals surface area contributed by atoms with Crippen LogP contribution in [0.25, 0.3) is 0 Å². The van der Waals surface area contributed by atoms with Gasteiger partial charge in [-0.3, -0.25) is 0 Å². The number of nitrogens with one attached hydrogen (secondary N) is 1. The minimum Gasteiger partial charge on any atom is -0.464 e. The molecule has 3 heteroatoms. The van der Waals surface area contributed by atoms with Gasteiger partial charge in [0.25, 0.3) is 0 Å². The molecule has 2 nitrogen and oxygen atoms in total. The van der Waals surface area contributed by atoms with Crippen LogP contribution in [0.2, 0.25) is 0 Å². The van der Waals surface area contributed by atoms with Crippen molar-refractivity contribution in [3.63, 3.8) is 0 Å². The standard InChI is InChI=1S/C11H19NOS/c1-4-10-5-6-11(13-10)9(2)12-7-8-14-3/h5-6,9,12H,4,7-8H2,1-3H3. The molecule has 1 heterocycles. The molecule has 1 rings (SSSR count). The Morgan fingerprint density at radius 3 is 2.86 bits per heavy atom. The van der Waals surface area contributed by atoms with E-state index in [0.29, 0.717) is 6.04 Å². The van der Waals surface area contributed by atoms with Gasteiger partial charge in [-0.15, -0.1) is 0 Å². The highest BCUT2D eigenvalue weighted by atomic mass is 32.2. The fourth-order valence-electron chi connectivity index (χ4n) is 1.30. The maximum atomic E-state index is 5.66. The monoisotopic (exact) mass is 213 g/mol. The molecule has 80 valence electrons. The van der Waals surface area contributed by atoms with Crippen molar-refractivity contribution in [3.05, 3.63) is 23.7 Å². The fraction of sp³-hybridized carbons (Fsp3) is 0.636. The van der Waals surface area contributed by atoms with E-state index in [1.807, 2.05) is 11.8 Å². The molecule has 0 aromatic carbocycles. The summed E-state index contributed by atoms with van der Waals surface area (Å²) in [4.78, 5) is 0. The lowest BCUT2D eigenvalue weighted by atomic mass is 10.2. The molecule has 0 fully saturated rings. The summed E-state index contributed by atoms with van der Waals surface area (Å²) in [7, 11) is 0. The predicted molar refractivity (Wildman–Crippen MR) is 62.9 cm³/mol. The highest BCUT2D eigenvalue weighted by Crippen LogP contribution is 2.16. The van der Waals surface area contributed by atoms with E-state index >= 15 is 0 Å². The van der Waals surface area contributed by atoms with Crippen molar-refractivity contribution in [1.82, 2.24) is 5.32 Å². The van der Waals surface area contributed by atoms with Crippen LogP contribution in [0, 0.1) is 0 Å². The van der Waals surface area contributed by atoms with Crippen LogP contribution in [0.1, 0.15) is 31.4 Å². The van der Waals surface area contributed by atoms with Gasteiger partial charge in [-0.05, 0) is 25.3 Å². The summed E-state index contributed by atoms with van der Waals surface area (Å²) in [5, 5.41) is 3.42. The zero-order chi connectivity index (χ0) is 10.4. The van der Waals surface area contributed by atoms with Crippen molar-refractivity contribution >= 4 is 11.8 Å². The van der Waals surface area contributed by atoms with Crippen LogP contribution in [-0.2, 0) is 6.42 Å². The van der Waals surface area contributed by atoms with Gasteiger partial charge in [-0.25, -0.2) is 0 Å². The first kappa shape index (κ1) is 11.7. The molecule has 0 aliphatic heterocycles. The summed E-state index contributed by atoms with van der Waals surface area (Å²) in [6.07, 6.45) is 3.09. The Bertz CT molecular complexity index is 260. The molecule has 0 amide bonds. The predicted octanol–water partition coefficient (Wildman–Crippen LogP) is 2.86. The number of hydrogen-bond acceptors (Lipinski definition) is 3. The number of furan rings is 1.